The molecule has 2 aromatic carbocycles. The van der Waals surface area contributed by atoms with Crippen molar-refractivity contribution in [3.63, 3.8) is 0 Å². The van der Waals surface area contributed by atoms with Gasteiger partial charge in [-0.1, -0.05) is 24.3 Å². The van der Waals surface area contributed by atoms with Crippen LogP contribution in [0.15, 0.2) is 48.5 Å². The van der Waals surface area contributed by atoms with Crippen molar-refractivity contribution in [2.75, 3.05) is 11.4 Å². The number of nitriles is 1. The maximum Gasteiger partial charge on any atom is 0.258 e. The first-order valence-corrected chi connectivity index (χ1v) is 7.00. The average molecular weight is 278 g/mol. The summed E-state index contributed by atoms with van der Waals surface area (Å²) in [6.07, 6.45) is 0.365. The Kier molecular flexibility index (Phi) is 4.73. The predicted octanol–water partition coefficient (Wildman–Crippen LogP) is 3.73. The standard InChI is InChI=1S/C18H18N2O/c1-3-20(17-6-4-5-14(2)13-17)18(21)16-9-7-15(8-10-16)11-12-19/h4-10,13H,3,11H2,1-2H3. The van der Waals surface area contributed by atoms with Gasteiger partial charge in [-0.2, -0.15) is 5.26 Å². The number of rotatable bonds is 4. The summed E-state index contributed by atoms with van der Waals surface area (Å²) in [4.78, 5) is 14.4. The van der Waals surface area contributed by atoms with Crippen molar-refractivity contribution in [2.24, 2.45) is 0 Å². The van der Waals surface area contributed by atoms with Crippen molar-refractivity contribution in [3.8, 4) is 6.07 Å². The summed E-state index contributed by atoms with van der Waals surface area (Å²) in [5.41, 5.74) is 3.60. The molecule has 0 unspecified atom stereocenters. The molecule has 0 fully saturated rings. The summed E-state index contributed by atoms with van der Waals surface area (Å²) in [5, 5.41) is 8.67. The van der Waals surface area contributed by atoms with Crippen molar-refractivity contribution in [2.45, 2.75) is 20.3 Å². The zero-order chi connectivity index (χ0) is 15.2. The quantitative estimate of drug-likeness (QED) is 0.855. The molecule has 0 atom stereocenters. The van der Waals surface area contributed by atoms with Gasteiger partial charge in [-0.05, 0) is 49.2 Å². The van der Waals surface area contributed by atoms with Gasteiger partial charge in [0, 0.05) is 17.8 Å². The van der Waals surface area contributed by atoms with Crippen LogP contribution in [-0.4, -0.2) is 12.5 Å². The van der Waals surface area contributed by atoms with Crippen molar-refractivity contribution < 1.29 is 4.79 Å². The molecule has 0 radical (unpaired) electrons. The maximum atomic E-state index is 12.6. The Hall–Kier alpha value is -2.60. The zero-order valence-corrected chi connectivity index (χ0v) is 12.3. The summed E-state index contributed by atoms with van der Waals surface area (Å²) in [7, 11) is 0. The zero-order valence-electron chi connectivity index (χ0n) is 12.3. The molecule has 0 bridgehead atoms. The van der Waals surface area contributed by atoms with Crippen LogP contribution < -0.4 is 4.90 Å². The Morgan fingerprint density at radius 1 is 1.19 bits per heavy atom. The molecule has 21 heavy (non-hydrogen) atoms. The molecule has 3 nitrogen and oxygen atoms in total. The number of nitrogens with zero attached hydrogens (tertiary/aromatic N) is 2. The molecule has 3 heteroatoms. The third kappa shape index (κ3) is 3.49. The highest BCUT2D eigenvalue weighted by Crippen LogP contribution is 2.19. The lowest BCUT2D eigenvalue weighted by Gasteiger charge is -2.21. The van der Waals surface area contributed by atoms with E-state index >= 15 is 0 Å². The van der Waals surface area contributed by atoms with Gasteiger partial charge in [0.15, 0.2) is 0 Å². The molecular weight excluding hydrogens is 260 g/mol. The predicted molar refractivity (Wildman–Crippen MR) is 84.3 cm³/mol. The number of anilines is 1. The lowest BCUT2D eigenvalue weighted by molar-refractivity contribution is 0.0988. The van der Waals surface area contributed by atoms with E-state index in [0.29, 0.717) is 18.5 Å². The van der Waals surface area contributed by atoms with E-state index in [9.17, 15) is 4.79 Å². The van der Waals surface area contributed by atoms with Crippen LogP contribution in [0.5, 0.6) is 0 Å². The van der Waals surface area contributed by atoms with Crippen LogP contribution in [0.2, 0.25) is 0 Å². The minimum absolute atomic E-state index is 0.0217. The molecule has 0 saturated carbocycles. The fourth-order valence-corrected chi connectivity index (χ4v) is 2.25. The van der Waals surface area contributed by atoms with E-state index in [1.807, 2.05) is 50.2 Å². The number of hydrogen-bond donors (Lipinski definition) is 0. The number of amides is 1. The Labute approximate surface area is 125 Å². The van der Waals surface area contributed by atoms with Gasteiger partial charge in [0.25, 0.3) is 5.91 Å². The highest BCUT2D eigenvalue weighted by Gasteiger charge is 2.15. The van der Waals surface area contributed by atoms with Gasteiger partial charge in [0.1, 0.15) is 0 Å². The molecule has 2 aromatic rings. The summed E-state index contributed by atoms with van der Waals surface area (Å²) in [6, 6.07) is 17.3. The molecule has 106 valence electrons. The number of hydrogen-bond acceptors (Lipinski definition) is 2. The Bertz CT molecular complexity index is 668. The molecule has 0 aliphatic heterocycles. The van der Waals surface area contributed by atoms with Gasteiger partial charge in [-0.25, -0.2) is 0 Å². The van der Waals surface area contributed by atoms with Gasteiger partial charge in [-0.15, -0.1) is 0 Å². The summed E-state index contributed by atoms with van der Waals surface area (Å²) in [5.74, 6) is -0.0217. The van der Waals surface area contributed by atoms with Crippen molar-refractivity contribution in [1.82, 2.24) is 0 Å². The van der Waals surface area contributed by atoms with E-state index < -0.39 is 0 Å². The molecule has 0 spiro atoms. The van der Waals surface area contributed by atoms with Gasteiger partial charge >= 0.3 is 0 Å². The topological polar surface area (TPSA) is 44.1 Å². The highest BCUT2D eigenvalue weighted by atomic mass is 16.2. The second-order valence-corrected chi connectivity index (χ2v) is 4.92. The third-order valence-corrected chi connectivity index (χ3v) is 3.36. The van der Waals surface area contributed by atoms with Crippen LogP contribution in [0.1, 0.15) is 28.4 Å². The smallest absolute Gasteiger partial charge is 0.258 e. The molecule has 2 rings (SSSR count). The second-order valence-electron chi connectivity index (χ2n) is 4.92. The summed E-state index contributed by atoms with van der Waals surface area (Å²) < 4.78 is 0. The van der Waals surface area contributed by atoms with Gasteiger partial charge < -0.3 is 4.90 Å². The average Bonchev–Trinajstić information content (AvgIpc) is 2.49. The van der Waals surface area contributed by atoms with Gasteiger partial charge in [-0.3, -0.25) is 4.79 Å². The molecule has 0 heterocycles. The molecule has 0 N–H and O–H groups in total. The van der Waals surface area contributed by atoms with E-state index in [1.165, 1.54) is 0 Å². The van der Waals surface area contributed by atoms with Crippen LogP contribution in [0, 0.1) is 18.3 Å². The molecule has 0 aromatic heterocycles. The first kappa shape index (κ1) is 14.8. The van der Waals surface area contributed by atoms with Crippen LogP contribution in [0.3, 0.4) is 0 Å². The monoisotopic (exact) mass is 278 g/mol. The number of benzene rings is 2. The van der Waals surface area contributed by atoms with Crippen LogP contribution in [0.4, 0.5) is 5.69 Å². The largest absolute Gasteiger partial charge is 0.309 e. The van der Waals surface area contributed by atoms with E-state index in [-0.39, 0.29) is 5.91 Å². The second kappa shape index (κ2) is 6.71. The summed E-state index contributed by atoms with van der Waals surface area (Å²) in [6.45, 7) is 4.59. The van der Waals surface area contributed by atoms with Crippen molar-refractivity contribution >= 4 is 11.6 Å². The molecule has 1 amide bonds. The van der Waals surface area contributed by atoms with E-state index in [2.05, 4.69) is 6.07 Å². The van der Waals surface area contributed by atoms with Crippen LogP contribution in [-0.2, 0) is 6.42 Å². The minimum atomic E-state index is -0.0217. The SMILES string of the molecule is CCN(C(=O)c1ccc(CC#N)cc1)c1cccc(C)c1. The highest BCUT2D eigenvalue weighted by molar-refractivity contribution is 6.06. The first-order chi connectivity index (χ1) is 10.2. The molecule has 0 saturated heterocycles. The molecular formula is C18H18N2O. The first-order valence-electron chi connectivity index (χ1n) is 7.00. The molecule has 0 aliphatic rings. The van der Waals surface area contributed by atoms with E-state index in [0.717, 1.165) is 16.8 Å². The lowest BCUT2D eigenvalue weighted by Crippen LogP contribution is -2.30. The Morgan fingerprint density at radius 2 is 1.90 bits per heavy atom. The third-order valence-electron chi connectivity index (χ3n) is 3.36. The van der Waals surface area contributed by atoms with Gasteiger partial charge in [0.2, 0.25) is 0 Å². The maximum absolute atomic E-state index is 12.6. The van der Waals surface area contributed by atoms with E-state index in [1.54, 1.807) is 17.0 Å². The van der Waals surface area contributed by atoms with Crippen molar-refractivity contribution in [3.05, 3.63) is 65.2 Å². The fraction of sp³-hybridized carbons (Fsp3) is 0.222. The van der Waals surface area contributed by atoms with Gasteiger partial charge in [0.05, 0.1) is 12.5 Å². The number of carbonyl (C=O) groups is 1. The number of aryl methyl sites for hydroxylation is 1. The van der Waals surface area contributed by atoms with E-state index in [4.69, 9.17) is 5.26 Å². The number of carbonyl (C=O) groups excluding carboxylic acids is 1. The Balaban J connectivity index is 2.26. The fourth-order valence-electron chi connectivity index (χ4n) is 2.25. The Morgan fingerprint density at radius 3 is 2.48 bits per heavy atom. The van der Waals surface area contributed by atoms with Crippen LogP contribution >= 0.6 is 0 Å². The summed E-state index contributed by atoms with van der Waals surface area (Å²) >= 11 is 0. The van der Waals surface area contributed by atoms with Crippen LogP contribution in [0.25, 0.3) is 0 Å². The molecule has 0 aliphatic carbocycles. The van der Waals surface area contributed by atoms with Crippen molar-refractivity contribution in [1.29, 1.82) is 5.26 Å². The minimum Gasteiger partial charge on any atom is -0.309 e. The lowest BCUT2D eigenvalue weighted by atomic mass is 10.1. The normalized spacial score (nSPS) is 9.95.